The second kappa shape index (κ2) is 9.57. The van der Waals surface area contributed by atoms with E-state index in [0.717, 1.165) is 31.2 Å². The lowest BCUT2D eigenvalue weighted by atomic mass is 10.2. The van der Waals surface area contributed by atoms with Gasteiger partial charge in [-0.25, -0.2) is 17.7 Å². The summed E-state index contributed by atoms with van der Waals surface area (Å²) in [4.78, 5) is 7.20. The van der Waals surface area contributed by atoms with Crippen LogP contribution in [0.25, 0.3) is 0 Å². The van der Waals surface area contributed by atoms with Gasteiger partial charge in [-0.2, -0.15) is 0 Å². The van der Waals surface area contributed by atoms with Gasteiger partial charge in [0.05, 0.1) is 11.4 Å². The standard InChI is InChI=1S/C16H26N4O2S.HI/c1-4-17-16(20-11-7-8-12-20)18-13-14-9-5-6-10-15(14)23(21,22)19(2)3;/h5-6,9-10H,4,7-8,11-13H2,1-3H3,(H,17,18);1H. The highest BCUT2D eigenvalue weighted by Crippen LogP contribution is 2.19. The second-order valence-electron chi connectivity index (χ2n) is 5.76. The second-order valence-corrected chi connectivity index (χ2v) is 7.88. The third kappa shape index (κ3) is 5.06. The van der Waals surface area contributed by atoms with Gasteiger partial charge in [0, 0.05) is 33.7 Å². The summed E-state index contributed by atoms with van der Waals surface area (Å²) >= 11 is 0. The molecule has 24 heavy (non-hydrogen) atoms. The van der Waals surface area contributed by atoms with E-state index in [1.807, 2.05) is 19.1 Å². The van der Waals surface area contributed by atoms with Crippen molar-refractivity contribution in [3.63, 3.8) is 0 Å². The molecule has 1 aromatic carbocycles. The van der Waals surface area contributed by atoms with Gasteiger partial charge in [-0.05, 0) is 31.4 Å². The third-order valence-electron chi connectivity index (χ3n) is 3.87. The van der Waals surface area contributed by atoms with E-state index >= 15 is 0 Å². The lowest BCUT2D eigenvalue weighted by Gasteiger charge is -2.21. The Morgan fingerprint density at radius 1 is 1.25 bits per heavy atom. The lowest BCUT2D eigenvalue weighted by molar-refractivity contribution is 0.493. The Bertz CT molecular complexity index is 656. The Morgan fingerprint density at radius 2 is 1.88 bits per heavy atom. The molecule has 1 fully saturated rings. The minimum absolute atomic E-state index is 0. The van der Waals surface area contributed by atoms with Crippen LogP contribution in [0.4, 0.5) is 0 Å². The maximum atomic E-state index is 12.4. The number of hydrogen-bond donors (Lipinski definition) is 1. The fourth-order valence-electron chi connectivity index (χ4n) is 2.60. The van der Waals surface area contributed by atoms with E-state index in [-0.39, 0.29) is 24.0 Å². The molecule has 0 aliphatic carbocycles. The topological polar surface area (TPSA) is 65.0 Å². The predicted octanol–water partition coefficient (Wildman–Crippen LogP) is 2.12. The van der Waals surface area contributed by atoms with Crippen molar-refractivity contribution in [2.45, 2.75) is 31.2 Å². The van der Waals surface area contributed by atoms with Crippen LogP contribution in [0.3, 0.4) is 0 Å². The molecule has 2 rings (SSSR count). The smallest absolute Gasteiger partial charge is 0.242 e. The van der Waals surface area contributed by atoms with Crippen molar-refractivity contribution in [3.8, 4) is 0 Å². The fraction of sp³-hybridized carbons (Fsp3) is 0.562. The summed E-state index contributed by atoms with van der Waals surface area (Å²) in [5.74, 6) is 0.863. The van der Waals surface area contributed by atoms with Crippen LogP contribution in [0.1, 0.15) is 25.3 Å². The molecule has 1 saturated heterocycles. The summed E-state index contributed by atoms with van der Waals surface area (Å²) in [6, 6.07) is 7.06. The van der Waals surface area contributed by atoms with Crippen LogP contribution in [0.5, 0.6) is 0 Å². The van der Waals surface area contributed by atoms with Crippen molar-refractivity contribution in [2.75, 3.05) is 33.7 Å². The first-order chi connectivity index (χ1) is 11.0. The molecular formula is C16H27IN4O2S. The van der Waals surface area contributed by atoms with E-state index in [2.05, 4.69) is 15.2 Å². The molecule has 1 N–H and O–H groups in total. The van der Waals surface area contributed by atoms with Crippen LogP contribution < -0.4 is 5.32 Å². The minimum Gasteiger partial charge on any atom is -0.357 e. The highest BCUT2D eigenvalue weighted by atomic mass is 127. The summed E-state index contributed by atoms with van der Waals surface area (Å²) in [6.45, 7) is 5.19. The molecule has 1 aromatic rings. The first-order valence-electron chi connectivity index (χ1n) is 8.00. The SMILES string of the molecule is CCNC(=NCc1ccccc1S(=O)(=O)N(C)C)N1CCCC1.I. The van der Waals surface area contributed by atoms with Gasteiger partial charge >= 0.3 is 0 Å². The number of halogens is 1. The number of nitrogens with one attached hydrogen (secondary N) is 1. The average molecular weight is 466 g/mol. The van der Waals surface area contributed by atoms with E-state index in [0.29, 0.717) is 11.4 Å². The number of nitrogens with zero attached hydrogens (tertiary/aromatic N) is 3. The van der Waals surface area contributed by atoms with E-state index in [4.69, 9.17) is 0 Å². The molecule has 1 aliphatic heterocycles. The van der Waals surface area contributed by atoms with Crippen LogP contribution in [0.15, 0.2) is 34.2 Å². The molecule has 0 atom stereocenters. The number of likely N-dealkylation sites (tertiary alicyclic amines) is 1. The Morgan fingerprint density at radius 3 is 2.46 bits per heavy atom. The molecule has 1 aliphatic rings. The molecule has 0 spiro atoms. The van der Waals surface area contributed by atoms with Gasteiger partial charge in [0.1, 0.15) is 0 Å². The van der Waals surface area contributed by atoms with Crippen LogP contribution in [0, 0.1) is 0 Å². The zero-order chi connectivity index (χ0) is 16.9. The molecule has 1 heterocycles. The van der Waals surface area contributed by atoms with Crippen molar-refractivity contribution < 1.29 is 8.42 Å². The minimum atomic E-state index is -3.46. The van der Waals surface area contributed by atoms with Gasteiger partial charge in [-0.15, -0.1) is 24.0 Å². The molecule has 0 radical (unpaired) electrons. The van der Waals surface area contributed by atoms with E-state index in [1.54, 1.807) is 26.2 Å². The van der Waals surface area contributed by atoms with Crippen molar-refractivity contribution in [1.82, 2.24) is 14.5 Å². The largest absolute Gasteiger partial charge is 0.357 e. The highest BCUT2D eigenvalue weighted by Gasteiger charge is 2.21. The molecule has 136 valence electrons. The van der Waals surface area contributed by atoms with Crippen molar-refractivity contribution in [2.24, 2.45) is 4.99 Å². The van der Waals surface area contributed by atoms with Gasteiger partial charge in [-0.1, -0.05) is 18.2 Å². The first-order valence-corrected chi connectivity index (χ1v) is 9.44. The number of hydrogen-bond acceptors (Lipinski definition) is 3. The molecule has 0 unspecified atom stereocenters. The molecule has 0 aromatic heterocycles. The summed E-state index contributed by atoms with van der Waals surface area (Å²) in [7, 11) is -0.366. The maximum absolute atomic E-state index is 12.4. The van der Waals surface area contributed by atoms with Gasteiger partial charge in [0.25, 0.3) is 0 Å². The van der Waals surface area contributed by atoms with Gasteiger partial charge in [0.15, 0.2) is 5.96 Å². The van der Waals surface area contributed by atoms with Crippen LogP contribution >= 0.6 is 24.0 Å². The number of guanidine groups is 1. The number of aliphatic imine (C=N–C) groups is 1. The monoisotopic (exact) mass is 466 g/mol. The van der Waals surface area contributed by atoms with Crippen molar-refractivity contribution >= 4 is 40.0 Å². The molecule has 0 bridgehead atoms. The summed E-state index contributed by atoms with van der Waals surface area (Å²) in [6.07, 6.45) is 2.35. The Kier molecular flexibility index (Phi) is 8.44. The Labute approximate surface area is 162 Å². The molecular weight excluding hydrogens is 439 g/mol. The predicted molar refractivity (Wildman–Crippen MR) is 108 cm³/mol. The maximum Gasteiger partial charge on any atom is 0.242 e. The van der Waals surface area contributed by atoms with Crippen LogP contribution in [-0.4, -0.2) is 57.3 Å². The number of sulfonamides is 1. The summed E-state index contributed by atoms with van der Waals surface area (Å²) < 4.78 is 26.1. The van der Waals surface area contributed by atoms with Crippen molar-refractivity contribution in [1.29, 1.82) is 0 Å². The highest BCUT2D eigenvalue weighted by molar-refractivity contribution is 14.0. The third-order valence-corrected chi connectivity index (χ3v) is 5.79. The molecule has 0 saturated carbocycles. The quantitative estimate of drug-likeness (QED) is 0.410. The number of benzene rings is 1. The number of rotatable bonds is 5. The zero-order valence-corrected chi connectivity index (χ0v) is 17.7. The Balaban J connectivity index is 0.00000288. The van der Waals surface area contributed by atoms with Crippen molar-refractivity contribution in [3.05, 3.63) is 29.8 Å². The molecule has 0 amide bonds. The first kappa shape index (κ1) is 21.2. The normalized spacial score (nSPS) is 15.5. The van der Waals surface area contributed by atoms with E-state index in [1.165, 1.54) is 17.1 Å². The van der Waals surface area contributed by atoms with Gasteiger partial charge < -0.3 is 10.2 Å². The van der Waals surface area contributed by atoms with Gasteiger partial charge in [0.2, 0.25) is 10.0 Å². The van der Waals surface area contributed by atoms with E-state index < -0.39 is 10.0 Å². The zero-order valence-electron chi connectivity index (χ0n) is 14.5. The van der Waals surface area contributed by atoms with Crippen LogP contribution in [0.2, 0.25) is 0 Å². The fourth-order valence-corrected chi connectivity index (χ4v) is 3.71. The Hall–Kier alpha value is -0.870. The van der Waals surface area contributed by atoms with Gasteiger partial charge in [-0.3, -0.25) is 0 Å². The average Bonchev–Trinajstić information content (AvgIpc) is 3.05. The van der Waals surface area contributed by atoms with Crippen LogP contribution in [-0.2, 0) is 16.6 Å². The molecule has 6 nitrogen and oxygen atoms in total. The lowest BCUT2D eigenvalue weighted by Crippen LogP contribution is -2.39. The molecule has 8 heteroatoms. The van der Waals surface area contributed by atoms with E-state index in [9.17, 15) is 8.42 Å². The summed E-state index contributed by atoms with van der Waals surface area (Å²) in [5, 5.41) is 3.29. The summed E-state index contributed by atoms with van der Waals surface area (Å²) in [5.41, 5.74) is 0.718.